The monoisotopic (exact) mass is 225 g/mol. The van der Waals surface area contributed by atoms with Crippen molar-refractivity contribution < 1.29 is 9.90 Å². The SMILES string of the molecule is O=C(Cc1cccs1)N1CC[C@@H](CO)C1. The van der Waals surface area contributed by atoms with Crippen LogP contribution in [0, 0.1) is 5.92 Å². The third-order valence-corrected chi connectivity index (χ3v) is 3.68. The van der Waals surface area contributed by atoms with Gasteiger partial charge in [-0.05, 0) is 17.9 Å². The van der Waals surface area contributed by atoms with Crippen molar-refractivity contribution in [3.05, 3.63) is 22.4 Å². The van der Waals surface area contributed by atoms with Gasteiger partial charge >= 0.3 is 0 Å². The first-order valence-electron chi connectivity index (χ1n) is 5.20. The number of aliphatic hydroxyl groups is 1. The van der Waals surface area contributed by atoms with Gasteiger partial charge in [-0.1, -0.05) is 6.07 Å². The van der Waals surface area contributed by atoms with E-state index in [0.717, 1.165) is 24.4 Å². The molecule has 0 aromatic carbocycles. The maximum Gasteiger partial charge on any atom is 0.227 e. The molecular weight excluding hydrogens is 210 g/mol. The average Bonchev–Trinajstić information content (AvgIpc) is 2.86. The summed E-state index contributed by atoms with van der Waals surface area (Å²) in [5, 5.41) is 11.0. The highest BCUT2D eigenvalue weighted by molar-refractivity contribution is 7.10. The van der Waals surface area contributed by atoms with Crippen LogP contribution in [0.1, 0.15) is 11.3 Å². The summed E-state index contributed by atoms with van der Waals surface area (Å²) < 4.78 is 0. The molecule has 1 aliphatic rings. The fourth-order valence-corrected chi connectivity index (χ4v) is 2.58. The van der Waals surface area contributed by atoms with Gasteiger partial charge in [-0.2, -0.15) is 0 Å². The normalized spacial score (nSPS) is 20.9. The van der Waals surface area contributed by atoms with Crippen LogP contribution in [0.5, 0.6) is 0 Å². The largest absolute Gasteiger partial charge is 0.396 e. The van der Waals surface area contributed by atoms with Crippen LogP contribution in [0.4, 0.5) is 0 Å². The zero-order valence-corrected chi connectivity index (χ0v) is 9.37. The molecule has 1 N–H and O–H groups in total. The Bertz CT molecular complexity index is 323. The number of carbonyl (C=O) groups excluding carboxylic acids is 1. The fraction of sp³-hybridized carbons (Fsp3) is 0.545. The van der Waals surface area contributed by atoms with Crippen LogP contribution in [0.3, 0.4) is 0 Å². The lowest BCUT2D eigenvalue weighted by Gasteiger charge is -2.15. The molecule has 1 aliphatic heterocycles. The minimum absolute atomic E-state index is 0.188. The number of hydrogen-bond acceptors (Lipinski definition) is 3. The van der Waals surface area contributed by atoms with E-state index in [1.807, 2.05) is 22.4 Å². The van der Waals surface area contributed by atoms with Crippen molar-refractivity contribution in [1.82, 2.24) is 4.90 Å². The molecule has 0 saturated carbocycles. The average molecular weight is 225 g/mol. The summed E-state index contributed by atoms with van der Waals surface area (Å²) >= 11 is 1.62. The van der Waals surface area contributed by atoms with Crippen molar-refractivity contribution in [2.75, 3.05) is 19.7 Å². The van der Waals surface area contributed by atoms with Crippen LogP contribution < -0.4 is 0 Å². The molecule has 1 aromatic heterocycles. The maximum atomic E-state index is 11.8. The number of rotatable bonds is 3. The second kappa shape index (κ2) is 4.77. The molecule has 1 saturated heterocycles. The zero-order chi connectivity index (χ0) is 10.7. The molecule has 82 valence electrons. The van der Waals surface area contributed by atoms with E-state index in [9.17, 15) is 4.79 Å². The highest BCUT2D eigenvalue weighted by Gasteiger charge is 2.25. The Hall–Kier alpha value is -0.870. The van der Waals surface area contributed by atoms with E-state index in [1.54, 1.807) is 11.3 Å². The molecular formula is C11H15NO2S. The van der Waals surface area contributed by atoms with Crippen molar-refractivity contribution in [1.29, 1.82) is 0 Å². The van der Waals surface area contributed by atoms with E-state index in [0.29, 0.717) is 6.42 Å². The van der Waals surface area contributed by atoms with Crippen molar-refractivity contribution in [3.8, 4) is 0 Å². The molecule has 15 heavy (non-hydrogen) atoms. The quantitative estimate of drug-likeness (QED) is 0.837. The smallest absolute Gasteiger partial charge is 0.227 e. The van der Waals surface area contributed by atoms with E-state index in [-0.39, 0.29) is 18.4 Å². The molecule has 1 fully saturated rings. The van der Waals surface area contributed by atoms with Crippen LogP contribution in [0.2, 0.25) is 0 Å². The van der Waals surface area contributed by atoms with E-state index in [2.05, 4.69) is 0 Å². The third-order valence-electron chi connectivity index (χ3n) is 2.80. The number of thiophene rings is 1. The molecule has 2 heterocycles. The van der Waals surface area contributed by atoms with Crippen LogP contribution >= 0.6 is 11.3 Å². The first kappa shape index (κ1) is 10.6. The Morgan fingerprint density at radius 2 is 2.53 bits per heavy atom. The van der Waals surface area contributed by atoms with Gasteiger partial charge in [0.15, 0.2) is 0 Å². The van der Waals surface area contributed by atoms with E-state index in [1.165, 1.54) is 0 Å². The number of carbonyl (C=O) groups is 1. The van der Waals surface area contributed by atoms with Crippen molar-refractivity contribution in [3.63, 3.8) is 0 Å². The topological polar surface area (TPSA) is 40.5 Å². The van der Waals surface area contributed by atoms with E-state index >= 15 is 0 Å². The molecule has 0 spiro atoms. The lowest BCUT2D eigenvalue weighted by molar-refractivity contribution is -0.129. The summed E-state index contributed by atoms with van der Waals surface area (Å²) in [4.78, 5) is 14.8. The second-order valence-electron chi connectivity index (χ2n) is 3.93. The lowest BCUT2D eigenvalue weighted by Crippen LogP contribution is -2.30. The first-order chi connectivity index (χ1) is 7.29. The molecule has 0 radical (unpaired) electrons. The highest BCUT2D eigenvalue weighted by Crippen LogP contribution is 2.18. The van der Waals surface area contributed by atoms with Gasteiger partial charge in [0.25, 0.3) is 0 Å². The molecule has 1 aromatic rings. The van der Waals surface area contributed by atoms with Crippen LogP contribution in [0.15, 0.2) is 17.5 Å². The molecule has 4 heteroatoms. The van der Waals surface area contributed by atoms with Crippen LogP contribution in [0.25, 0.3) is 0 Å². The Morgan fingerprint density at radius 3 is 3.13 bits per heavy atom. The maximum absolute atomic E-state index is 11.8. The van der Waals surface area contributed by atoms with Crippen LogP contribution in [-0.2, 0) is 11.2 Å². The summed E-state index contributed by atoms with van der Waals surface area (Å²) in [6.07, 6.45) is 1.45. The summed E-state index contributed by atoms with van der Waals surface area (Å²) in [5.74, 6) is 0.477. The van der Waals surface area contributed by atoms with Crippen molar-refractivity contribution in [2.45, 2.75) is 12.8 Å². The van der Waals surface area contributed by atoms with Gasteiger partial charge in [0.2, 0.25) is 5.91 Å². The zero-order valence-electron chi connectivity index (χ0n) is 8.56. The fourth-order valence-electron chi connectivity index (χ4n) is 1.88. The minimum Gasteiger partial charge on any atom is -0.396 e. The number of aliphatic hydroxyl groups excluding tert-OH is 1. The highest BCUT2D eigenvalue weighted by atomic mass is 32.1. The first-order valence-corrected chi connectivity index (χ1v) is 6.08. The number of likely N-dealkylation sites (tertiary alicyclic amines) is 1. The summed E-state index contributed by atoms with van der Waals surface area (Å²) in [7, 11) is 0. The summed E-state index contributed by atoms with van der Waals surface area (Å²) in [6, 6.07) is 3.95. The minimum atomic E-state index is 0.188. The molecule has 1 amide bonds. The van der Waals surface area contributed by atoms with Gasteiger partial charge in [0, 0.05) is 30.5 Å². The van der Waals surface area contributed by atoms with Crippen LogP contribution in [-0.4, -0.2) is 35.6 Å². The number of nitrogens with zero attached hydrogens (tertiary/aromatic N) is 1. The second-order valence-corrected chi connectivity index (χ2v) is 4.97. The lowest BCUT2D eigenvalue weighted by atomic mass is 10.1. The summed E-state index contributed by atoms with van der Waals surface area (Å²) in [6.45, 7) is 1.72. The molecule has 0 bridgehead atoms. The molecule has 3 nitrogen and oxygen atoms in total. The Kier molecular flexibility index (Phi) is 3.38. The Labute approximate surface area is 93.3 Å². The Morgan fingerprint density at radius 1 is 1.67 bits per heavy atom. The van der Waals surface area contributed by atoms with Gasteiger partial charge in [0.05, 0.1) is 6.42 Å². The third kappa shape index (κ3) is 2.58. The van der Waals surface area contributed by atoms with E-state index in [4.69, 9.17) is 5.11 Å². The Balaban J connectivity index is 1.87. The van der Waals surface area contributed by atoms with Gasteiger partial charge in [-0.25, -0.2) is 0 Å². The number of amides is 1. The standard InChI is InChI=1S/C11H15NO2S/c13-8-9-3-4-12(7-9)11(14)6-10-2-1-5-15-10/h1-2,5,9,13H,3-4,6-8H2/t9-/m1/s1. The molecule has 1 atom stereocenters. The predicted molar refractivity (Wildman–Crippen MR) is 59.8 cm³/mol. The number of hydrogen-bond donors (Lipinski definition) is 1. The van der Waals surface area contributed by atoms with Gasteiger partial charge in [-0.15, -0.1) is 11.3 Å². The van der Waals surface area contributed by atoms with Crippen molar-refractivity contribution in [2.24, 2.45) is 5.92 Å². The molecule has 0 aliphatic carbocycles. The summed E-state index contributed by atoms with van der Waals surface area (Å²) in [5.41, 5.74) is 0. The molecule has 2 rings (SSSR count). The predicted octanol–water partition coefficient (Wildman–Crippen LogP) is 1.13. The van der Waals surface area contributed by atoms with Crippen molar-refractivity contribution >= 4 is 17.2 Å². The van der Waals surface area contributed by atoms with E-state index < -0.39 is 0 Å². The molecule has 0 unspecified atom stereocenters. The van der Waals surface area contributed by atoms with Gasteiger partial charge < -0.3 is 10.0 Å². The van der Waals surface area contributed by atoms with Gasteiger partial charge in [-0.3, -0.25) is 4.79 Å². The van der Waals surface area contributed by atoms with Gasteiger partial charge in [0.1, 0.15) is 0 Å².